The van der Waals surface area contributed by atoms with Crippen LogP contribution >= 0.6 is 0 Å². The number of rotatable bonds is 5. The third kappa shape index (κ3) is 5.37. The maximum atomic E-state index is 12.9. The average Bonchev–Trinajstić information content (AvgIpc) is 2.71. The fraction of sp³-hybridized carbons (Fsp3) is 0.417. The molecule has 0 aliphatic carbocycles. The molecule has 1 aliphatic heterocycles. The second-order valence-electron chi connectivity index (χ2n) is 8.25. The van der Waals surface area contributed by atoms with Crippen molar-refractivity contribution in [2.24, 2.45) is 5.92 Å². The Balaban J connectivity index is 1.58. The molecule has 0 radical (unpaired) electrons. The highest BCUT2D eigenvalue weighted by Gasteiger charge is 2.29. The first-order chi connectivity index (χ1) is 13.8. The second kappa shape index (κ2) is 9.12. The van der Waals surface area contributed by atoms with Gasteiger partial charge < -0.3 is 15.1 Å². The van der Waals surface area contributed by atoms with Crippen LogP contribution in [0.5, 0.6) is 0 Å². The number of likely N-dealkylation sites (tertiary alicyclic amines) is 1. The van der Waals surface area contributed by atoms with Gasteiger partial charge in [-0.15, -0.1) is 0 Å². The van der Waals surface area contributed by atoms with Crippen LogP contribution in [0.4, 0.5) is 5.69 Å². The third-order valence-corrected chi connectivity index (χ3v) is 5.47. The Morgan fingerprint density at radius 1 is 1.07 bits per heavy atom. The molecule has 1 unspecified atom stereocenters. The van der Waals surface area contributed by atoms with E-state index < -0.39 is 0 Å². The lowest BCUT2D eigenvalue weighted by Gasteiger charge is -2.32. The summed E-state index contributed by atoms with van der Waals surface area (Å²) in [6, 6.07) is 14.1. The molecule has 1 N–H and O–H groups in total. The summed E-state index contributed by atoms with van der Waals surface area (Å²) in [7, 11) is 4.01. The van der Waals surface area contributed by atoms with Gasteiger partial charge in [-0.2, -0.15) is 0 Å². The van der Waals surface area contributed by atoms with Crippen molar-refractivity contribution in [3.63, 3.8) is 0 Å². The van der Waals surface area contributed by atoms with Crippen molar-refractivity contribution >= 4 is 17.5 Å². The van der Waals surface area contributed by atoms with Gasteiger partial charge in [0, 0.05) is 45.0 Å². The molecular formula is C24H31N3O2. The van der Waals surface area contributed by atoms with Crippen LogP contribution in [0.2, 0.25) is 0 Å². The molecule has 0 spiro atoms. The van der Waals surface area contributed by atoms with E-state index in [1.165, 1.54) is 0 Å². The van der Waals surface area contributed by atoms with Crippen LogP contribution in [-0.2, 0) is 11.3 Å². The number of hydrogen-bond acceptors (Lipinski definition) is 3. The molecule has 1 fully saturated rings. The number of anilines is 1. The molecule has 0 aromatic heterocycles. The SMILES string of the molecule is Cc1cc(C)cc(C(=O)N2CCCC(C(=O)NCc3ccc(N(C)C)cc3)C2)c1. The molecule has 2 amide bonds. The highest BCUT2D eigenvalue weighted by molar-refractivity contribution is 5.95. The van der Waals surface area contributed by atoms with Crippen molar-refractivity contribution in [3.05, 3.63) is 64.7 Å². The van der Waals surface area contributed by atoms with E-state index in [4.69, 9.17) is 0 Å². The van der Waals surface area contributed by atoms with Crippen molar-refractivity contribution in [2.45, 2.75) is 33.2 Å². The smallest absolute Gasteiger partial charge is 0.253 e. The van der Waals surface area contributed by atoms with Crippen LogP contribution in [0, 0.1) is 19.8 Å². The Labute approximate surface area is 173 Å². The van der Waals surface area contributed by atoms with E-state index in [2.05, 4.69) is 11.4 Å². The highest BCUT2D eigenvalue weighted by Crippen LogP contribution is 2.20. The van der Waals surface area contributed by atoms with Crippen molar-refractivity contribution in [1.29, 1.82) is 0 Å². The normalized spacial score (nSPS) is 16.4. The van der Waals surface area contributed by atoms with E-state index in [1.807, 2.05) is 74.1 Å². The summed E-state index contributed by atoms with van der Waals surface area (Å²) in [4.78, 5) is 29.5. The number of nitrogens with zero attached hydrogens (tertiary/aromatic N) is 2. The molecule has 0 saturated carbocycles. The monoisotopic (exact) mass is 393 g/mol. The van der Waals surface area contributed by atoms with E-state index in [9.17, 15) is 9.59 Å². The zero-order valence-electron chi connectivity index (χ0n) is 17.9. The number of carbonyl (C=O) groups excluding carboxylic acids is 2. The maximum Gasteiger partial charge on any atom is 0.253 e. The summed E-state index contributed by atoms with van der Waals surface area (Å²) in [5.74, 6) is -0.104. The largest absolute Gasteiger partial charge is 0.378 e. The van der Waals surface area contributed by atoms with E-state index in [-0.39, 0.29) is 17.7 Å². The minimum Gasteiger partial charge on any atom is -0.378 e. The van der Waals surface area contributed by atoms with Crippen LogP contribution < -0.4 is 10.2 Å². The topological polar surface area (TPSA) is 52.7 Å². The van der Waals surface area contributed by atoms with Gasteiger partial charge in [0.25, 0.3) is 5.91 Å². The van der Waals surface area contributed by atoms with Gasteiger partial charge in [0.05, 0.1) is 5.92 Å². The summed E-state index contributed by atoms with van der Waals surface area (Å²) >= 11 is 0. The standard InChI is InChI=1S/C24H31N3O2/c1-17-12-18(2)14-21(13-17)24(29)27-11-5-6-20(16-27)23(28)25-15-19-7-9-22(10-8-19)26(3)4/h7-10,12-14,20H,5-6,11,15-16H2,1-4H3,(H,25,28). The lowest BCUT2D eigenvalue weighted by Crippen LogP contribution is -2.45. The second-order valence-corrected chi connectivity index (χ2v) is 8.25. The van der Waals surface area contributed by atoms with Crippen LogP contribution in [0.1, 0.15) is 39.9 Å². The number of hydrogen-bond donors (Lipinski definition) is 1. The molecule has 2 aromatic carbocycles. The molecular weight excluding hydrogens is 362 g/mol. The Hall–Kier alpha value is -2.82. The van der Waals surface area contributed by atoms with Gasteiger partial charge in [0.1, 0.15) is 0 Å². The summed E-state index contributed by atoms with van der Waals surface area (Å²) in [6.07, 6.45) is 1.67. The average molecular weight is 394 g/mol. The van der Waals surface area contributed by atoms with E-state index in [0.29, 0.717) is 25.2 Å². The fourth-order valence-electron chi connectivity index (χ4n) is 3.90. The van der Waals surface area contributed by atoms with Gasteiger partial charge in [-0.25, -0.2) is 0 Å². The van der Waals surface area contributed by atoms with Gasteiger partial charge in [0.2, 0.25) is 5.91 Å². The third-order valence-electron chi connectivity index (χ3n) is 5.47. The Morgan fingerprint density at radius 2 is 1.72 bits per heavy atom. The predicted octanol–water partition coefficient (Wildman–Crippen LogP) is 3.54. The summed E-state index contributed by atoms with van der Waals surface area (Å²) in [5, 5.41) is 3.04. The Morgan fingerprint density at radius 3 is 2.34 bits per heavy atom. The van der Waals surface area contributed by atoms with Crippen LogP contribution in [0.25, 0.3) is 0 Å². The molecule has 1 saturated heterocycles. The molecule has 0 bridgehead atoms. The number of benzene rings is 2. The number of piperidine rings is 1. The van der Waals surface area contributed by atoms with Crippen LogP contribution in [-0.4, -0.2) is 43.9 Å². The number of nitrogens with one attached hydrogen (secondary N) is 1. The van der Waals surface area contributed by atoms with Crippen LogP contribution in [0.3, 0.4) is 0 Å². The zero-order valence-corrected chi connectivity index (χ0v) is 17.9. The van der Waals surface area contributed by atoms with E-state index >= 15 is 0 Å². The summed E-state index contributed by atoms with van der Waals surface area (Å²) < 4.78 is 0. The number of amides is 2. The lowest BCUT2D eigenvalue weighted by atomic mass is 9.96. The Kier molecular flexibility index (Phi) is 6.57. The first kappa shape index (κ1) is 20.9. The van der Waals surface area contributed by atoms with Crippen molar-refractivity contribution in [2.75, 3.05) is 32.1 Å². The highest BCUT2D eigenvalue weighted by atomic mass is 16.2. The van der Waals surface area contributed by atoms with Crippen molar-refractivity contribution < 1.29 is 9.59 Å². The molecule has 1 aliphatic rings. The predicted molar refractivity (Wildman–Crippen MR) is 117 cm³/mol. The first-order valence-electron chi connectivity index (χ1n) is 10.2. The lowest BCUT2D eigenvalue weighted by molar-refractivity contribution is -0.126. The van der Waals surface area contributed by atoms with Crippen molar-refractivity contribution in [3.8, 4) is 0 Å². The molecule has 154 valence electrons. The van der Waals surface area contributed by atoms with Gasteiger partial charge >= 0.3 is 0 Å². The molecule has 5 heteroatoms. The van der Waals surface area contributed by atoms with Gasteiger partial charge in [-0.1, -0.05) is 29.3 Å². The van der Waals surface area contributed by atoms with Gasteiger partial charge in [-0.3, -0.25) is 9.59 Å². The molecule has 1 heterocycles. The van der Waals surface area contributed by atoms with Gasteiger partial charge in [0.15, 0.2) is 0 Å². The molecule has 29 heavy (non-hydrogen) atoms. The summed E-state index contributed by atoms with van der Waals surface area (Å²) in [5.41, 5.74) is 5.08. The van der Waals surface area contributed by atoms with E-state index in [1.54, 1.807) is 0 Å². The maximum absolute atomic E-state index is 12.9. The summed E-state index contributed by atoms with van der Waals surface area (Å²) in [6.45, 7) is 5.70. The minimum absolute atomic E-state index is 0.0218. The van der Waals surface area contributed by atoms with Crippen LogP contribution in [0.15, 0.2) is 42.5 Å². The van der Waals surface area contributed by atoms with E-state index in [0.717, 1.165) is 35.2 Å². The minimum atomic E-state index is -0.153. The fourth-order valence-corrected chi connectivity index (χ4v) is 3.90. The number of carbonyl (C=O) groups is 2. The molecule has 1 atom stereocenters. The zero-order chi connectivity index (χ0) is 21.0. The Bertz CT molecular complexity index is 854. The first-order valence-corrected chi connectivity index (χ1v) is 10.2. The quantitative estimate of drug-likeness (QED) is 0.845. The van der Waals surface area contributed by atoms with Crippen molar-refractivity contribution in [1.82, 2.24) is 10.2 Å². The molecule has 3 rings (SSSR count). The molecule has 5 nitrogen and oxygen atoms in total. The number of aryl methyl sites for hydroxylation is 2. The van der Waals surface area contributed by atoms with Gasteiger partial charge in [-0.05, 0) is 56.5 Å². The molecule has 2 aromatic rings.